The van der Waals surface area contributed by atoms with E-state index >= 15 is 0 Å². The molecule has 0 radical (unpaired) electrons. The molecule has 0 amide bonds. The van der Waals surface area contributed by atoms with E-state index in [0.717, 1.165) is 0 Å². The molecule has 0 saturated carbocycles. The number of aliphatic hydroxyl groups excluding tert-OH is 1. The number of nitrogens with one attached hydrogen (secondary N) is 1. The minimum atomic E-state index is -0.927. The van der Waals surface area contributed by atoms with E-state index in [0.29, 0.717) is 12.1 Å². The zero-order chi connectivity index (χ0) is 15.3. The number of rotatable bonds is 6. The van der Waals surface area contributed by atoms with Gasteiger partial charge in [-0.1, -0.05) is 6.07 Å². The number of hydrogen-bond acceptors (Lipinski definition) is 6. The summed E-state index contributed by atoms with van der Waals surface area (Å²) >= 11 is 0. The van der Waals surface area contributed by atoms with Gasteiger partial charge in [0.2, 0.25) is 0 Å². The summed E-state index contributed by atoms with van der Waals surface area (Å²) < 4.78 is 0. The van der Waals surface area contributed by atoms with Gasteiger partial charge in [-0.05, 0) is 38.5 Å². The van der Waals surface area contributed by atoms with Crippen LogP contribution in [0, 0.1) is 10.1 Å². The first-order chi connectivity index (χ1) is 9.19. The summed E-state index contributed by atoms with van der Waals surface area (Å²) in [5.74, 6) is -0.105. The van der Waals surface area contributed by atoms with Gasteiger partial charge in [-0.2, -0.15) is 0 Å². The van der Waals surface area contributed by atoms with Gasteiger partial charge in [0.1, 0.15) is 12.4 Å². The van der Waals surface area contributed by atoms with Gasteiger partial charge < -0.3 is 20.4 Å². The number of β-amino-alcohol motifs (C(OH)–C–C–N with tert-alkyl or cyclic N) is 1. The van der Waals surface area contributed by atoms with Crippen LogP contribution in [0.25, 0.3) is 0 Å². The van der Waals surface area contributed by atoms with Gasteiger partial charge in [-0.3, -0.25) is 0 Å². The summed E-state index contributed by atoms with van der Waals surface area (Å²) in [6, 6.07) is 4.45. The van der Waals surface area contributed by atoms with Crippen molar-refractivity contribution >= 4 is 0 Å². The molecule has 0 saturated heterocycles. The van der Waals surface area contributed by atoms with Crippen molar-refractivity contribution in [2.75, 3.05) is 6.54 Å². The van der Waals surface area contributed by atoms with E-state index in [2.05, 4.69) is 10.2 Å². The quantitative estimate of drug-likeness (QED) is 0.540. The van der Waals surface area contributed by atoms with Gasteiger partial charge in [0.05, 0.1) is 6.10 Å². The van der Waals surface area contributed by atoms with Gasteiger partial charge in [-0.15, -0.1) is 10.1 Å². The van der Waals surface area contributed by atoms with Crippen molar-refractivity contribution in [1.82, 2.24) is 5.32 Å². The van der Waals surface area contributed by atoms with Crippen LogP contribution in [-0.4, -0.2) is 27.4 Å². The fourth-order valence-electron chi connectivity index (χ4n) is 1.57. The molecular formula is C13H20N2O5. The summed E-state index contributed by atoms with van der Waals surface area (Å²) in [6.45, 7) is 5.92. The van der Waals surface area contributed by atoms with E-state index in [4.69, 9.17) is 0 Å². The van der Waals surface area contributed by atoms with Crippen LogP contribution in [0.5, 0.6) is 5.75 Å². The molecule has 0 aromatic heterocycles. The standard InChI is InChI=1S/C13H20N2O5/c1-13(2,3)14-7-12(17)9-4-5-11(16)10(6-9)8-20-15(18)19/h4-6,12,14,16-17H,7-8H2,1-3H3. The van der Waals surface area contributed by atoms with Gasteiger partial charge in [0, 0.05) is 17.6 Å². The predicted octanol–water partition coefficient (Wildman–Crippen LogP) is 1.52. The molecule has 0 aliphatic carbocycles. The molecule has 20 heavy (non-hydrogen) atoms. The highest BCUT2D eigenvalue weighted by Gasteiger charge is 2.15. The Labute approximate surface area is 117 Å². The minimum absolute atomic E-state index is 0.105. The molecule has 0 bridgehead atoms. The SMILES string of the molecule is CC(C)(C)NCC(O)c1ccc(O)c(CO[N+](=O)[O-])c1. The topological polar surface area (TPSA) is 105 Å². The molecule has 0 fully saturated rings. The van der Waals surface area contributed by atoms with Gasteiger partial charge >= 0.3 is 0 Å². The molecule has 112 valence electrons. The van der Waals surface area contributed by atoms with Crippen LogP contribution in [0.1, 0.15) is 38.0 Å². The number of aliphatic hydroxyl groups is 1. The Morgan fingerprint density at radius 2 is 2.10 bits per heavy atom. The number of hydrogen-bond donors (Lipinski definition) is 3. The summed E-state index contributed by atoms with van der Waals surface area (Å²) in [5.41, 5.74) is 0.686. The van der Waals surface area contributed by atoms with Gasteiger partial charge in [-0.25, -0.2) is 0 Å². The zero-order valence-corrected chi connectivity index (χ0v) is 11.8. The molecule has 1 unspecified atom stereocenters. The number of phenols is 1. The molecule has 0 heterocycles. The van der Waals surface area contributed by atoms with Crippen molar-refractivity contribution in [1.29, 1.82) is 0 Å². The maximum atomic E-state index is 10.2. The lowest BCUT2D eigenvalue weighted by molar-refractivity contribution is -0.763. The first-order valence-electron chi connectivity index (χ1n) is 6.21. The summed E-state index contributed by atoms with van der Waals surface area (Å²) in [4.78, 5) is 14.4. The summed E-state index contributed by atoms with van der Waals surface area (Å²) in [7, 11) is 0. The number of nitrogens with zero attached hydrogens (tertiary/aromatic N) is 1. The lowest BCUT2D eigenvalue weighted by Gasteiger charge is -2.23. The van der Waals surface area contributed by atoms with Crippen molar-refractivity contribution in [2.45, 2.75) is 39.0 Å². The second-order valence-corrected chi connectivity index (χ2v) is 5.53. The van der Waals surface area contributed by atoms with Crippen LogP contribution in [-0.2, 0) is 11.4 Å². The number of aromatic hydroxyl groups is 1. The molecule has 1 rings (SSSR count). The van der Waals surface area contributed by atoms with E-state index in [1.807, 2.05) is 20.8 Å². The molecule has 1 aromatic carbocycles. The highest BCUT2D eigenvalue weighted by molar-refractivity contribution is 5.36. The lowest BCUT2D eigenvalue weighted by atomic mass is 10.0. The molecule has 0 aliphatic rings. The smallest absolute Gasteiger partial charge is 0.294 e. The van der Waals surface area contributed by atoms with Gasteiger partial charge in [0.15, 0.2) is 0 Å². The maximum Gasteiger partial charge on any atom is 0.294 e. The van der Waals surface area contributed by atoms with Gasteiger partial charge in [0.25, 0.3) is 5.09 Å². The molecule has 1 atom stereocenters. The minimum Gasteiger partial charge on any atom is -0.508 e. The first-order valence-corrected chi connectivity index (χ1v) is 6.21. The third-order valence-corrected chi connectivity index (χ3v) is 2.64. The van der Waals surface area contributed by atoms with Crippen molar-refractivity contribution in [2.24, 2.45) is 0 Å². The molecule has 3 N–H and O–H groups in total. The molecule has 0 aliphatic heterocycles. The molecule has 0 spiro atoms. The monoisotopic (exact) mass is 284 g/mol. The van der Waals surface area contributed by atoms with E-state index in [9.17, 15) is 20.3 Å². The zero-order valence-electron chi connectivity index (χ0n) is 11.8. The highest BCUT2D eigenvalue weighted by Crippen LogP contribution is 2.23. The normalized spacial score (nSPS) is 13.0. The van der Waals surface area contributed by atoms with Crippen molar-refractivity contribution in [3.8, 4) is 5.75 Å². The van der Waals surface area contributed by atoms with Crippen LogP contribution >= 0.6 is 0 Å². The van der Waals surface area contributed by atoms with Crippen LogP contribution in [0.3, 0.4) is 0 Å². The average Bonchev–Trinajstić information content (AvgIpc) is 2.34. The Morgan fingerprint density at radius 1 is 1.45 bits per heavy atom. The Bertz CT molecular complexity index is 470. The fraction of sp³-hybridized carbons (Fsp3) is 0.538. The largest absolute Gasteiger partial charge is 0.508 e. The Hall–Kier alpha value is -1.86. The number of phenolic OH excluding ortho intramolecular Hbond substituents is 1. The summed E-state index contributed by atoms with van der Waals surface area (Å²) in [5, 5.41) is 32.0. The van der Waals surface area contributed by atoms with Crippen molar-refractivity contribution in [3.05, 3.63) is 39.4 Å². The molecular weight excluding hydrogens is 264 g/mol. The van der Waals surface area contributed by atoms with E-state index in [-0.39, 0.29) is 23.5 Å². The third-order valence-electron chi connectivity index (χ3n) is 2.64. The third kappa shape index (κ3) is 5.41. The Morgan fingerprint density at radius 3 is 2.65 bits per heavy atom. The van der Waals surface area contributed by atoms with Crippen LogP contribution < -0.4 is 5.32 Å². The van der Waals surface area contributed by atoms with Crippen LogP contribution in [0.2, 0.25) is 0 Å². The number of benzene rings is 1. The summed E-state index contributed by atoms with van der Waals surface area (Å²) in [6.07, 6.45) is -0.774. The molecule has 7 heteroatoms. The van der Waals surface area contributed by atoms with Crippen LogP contribution in [0.4, 0.5) is 0 Å². The lowest BCUT2D eigenvalue weighted by Crippen LogP contribution is -2.38. The second-order valence-electron chi connectivity index (χ2n) is 5.53. The van der Waals surface area contributed by atoms with Crippen molar-refractivity contribution < 1.29 is 20.1 Å². The maximum absolute atomic E-state index is 10.2. The predicted molar refractivity (Wildman–Crippen MR) is 72.6 cm³/mol. The fourth-order valence-corrected chi connectivity index (χ4v) is 1.57. The van der Waals surface area contributed by atoms with E-state index in [1.165, 1.54) is 12.1 Å². The first kappa shape index (κ1) is 16.2. The second kappa shape index (κ2) is 6.53. The van der Waals surface area contributed by atoms with Crippen LogP contribution in [0.15, 0.2) is 18.2 Å². The molecule has 1 aromatic rings. The Balaban J connectivity index is 2.75. The Kier molecular flexibility index (Phi) is 5.29. The van der Waals surface area contributed by atoms with Crippen molar-refractivity contribution in [3.63, 3.8) is 0 Å². The highest BCUT2D eigenvalue weighted by atomic mass is 16.9. The van der Waals surface area contributed by atoms with E-state index in [1.54, 1.807) is 6.07 Å². The molecule has 7 nitrogen and oxygen atoms in total. The van der Waals surface area contributed by atoms with E-state index < -0.39 is 11.2 Å². The average molecular weight is 284 g/mol.